The molecule has 3 rings (SSSR count). The van der Waals surface area contributed by atoms with E-state index >= 15 is 0 Å². The standard InChI is InChI=1S/C22H28N2O4/c1-2-3-4-5-6-7-8-17-13-23-21(24-14-17)18-9-11-19(12-10-18)26-15-20-16-27-22(25)28-20/h9-14,20H,2-8,15-16H2,1H3/t20-/m0/s1. The highest BCUT2D eigenvalue weighted by Gasteiger charge is 2.25. The average molecular weight is 384 g/mol. The lowest BCUT2D eigenvalue weighted by Gasteiger charge is -2.09. The van der Waals surface area contributed by atoms with Crippen molar-refractivity contribution in [3.63, 3.8) is 0 Å². The molecule has 6 nitrogen and oxygen atoms in total. The number of rotatable bonds is 11. The van der Waals surface area contributed by atoms with Crippen LogP contribution in [-0.4, -0.2) is 35.4 Å². The largest absolute Gasteiger partial charge is 0.508 e. The van der Waals surface area contributed by atoms with E-state index in [-0.39, 0.29) is 19.3 Å². The lowest BCUT2D eigenvalue weighted by Crippen LogP contribution is -2.19. The molecule has 2 aromatic rings. The van der Waals surface area contributed by atoms with Gasteiger partial charge in [-0.2, -0.15) is 0 Å². The molecule has 0 radical (unpaired) electrons. The molecule has 0 amide bonds. The van der Waals surface area contributed by atoms with Crippen LogP contribution in [0.4, 0.5) is 4.79 Å². The van der Waals surface area contributed by atoms with Gasteiger partial charge in [-0.15, -0.1) is 0 Å². The Hall–Kier alpha value is -2.63. The Morgan fingerprint density at radius 1 is 1.04 bits per heavy atom. The van der Waals surface area contributed by atoms with Crippen LogP contribution in [0.25, 0.3) is 11.4 Å². The van der Waals surface area contributed by atoms with Gasteiger partial charge in [-0.1, -0.05) is 39.0 Å². The third kappa shape index (κ3) is 6.22. The number of hydrogen-bond donors (Lipinski definition) is 0. The van der Waals surface area contributed by atoms with Crippen LogP contribution >= 0.6 is 0 Å². The van der Waals surface area contributed by atoms with Crippen LogP contribution in [0.3, 0.4) is 0 Å². The summed E-state index contributed by atoms with van der Waals surface area (Å²) >= 11 is 0. The topological polar surface area (TPSA) is 70.5 Å². The number of hydrogen-bond acceptors (Lipinski definition) is 6. The number of aryl methyl sites for hydroxylation is 1. The van der Waals surface area contributed by atoms with Gasteiger partial charge in [0, 0.05) is 18.0 Å². The fourth-order valence-corrected chi connectivity index (χ4v) is 3.08. The van der Waals surface area contributed by atoms with Crippen LogP contribution in [-0.2, 0) is 15.9 Å². The van der Waals surface area contributed by atoms with Crippen molar-refractivity contribution in [3.8, 4) is 17.1 Å². The maximum absolute atomic E-state index is 10.9. The van der Waals surface area contributed by atoms with Crippen molar-refractivity contribution in [2.75, 3.05) is 13.2 Å². The Kier molecular flexibility index (Phi) is 7.64. The molecule has 1 aromatic carbocycles. The van der Waals surface area contributed by atoms with E-state index in [1.165, 1.54) is 44.1 Å². The normalized spacial score (nSPS) is 15.9. The molecule has 0 N–H and O–H groups in total. The number of benzene rings is 1. The first-order valence-corrected chi connectivity index (χ1v) is 10.1. The molecular formula is C22H28N2O4. The SMILES string of the molecule is CCCCCCCCc1cnc(-c2ccc(OC[C@H]3COC(=O)O3)cc2)nc1. The second-order valence-corrected chi connectivity index (χ2v) is 7.07. The van der Waals surface area contributed by atoms with Crippen LogP contribution < -0.4 is 4.74 Å². The van der Waals surface area contributed by atoms with Gasteiger partial charge in [-0.3, -0.25) is 0 Å². The fourth-order valence-electron chi connectivity index (χ4n) is 3.08. The predicted molar refractivity (Wildman–Crippen MR) is 106 cm³/mol. The van der Waals surface area contributed by atoms with Crippen molar-refractivity contribution in [2.24, 2.45) is 0 Å². The highest BCUT2D eigenvalue weighted by molar-refractivity contribution is 5.61. The van der Waals surface area contributed by atoms with Gasteiger partial charge in [0.05, 0.1) is 0 Å². The zero-order valence-electron chi connectivity index (χ0n) is 16.4. The molecule has 1 atom stereocenters. The summed E-state index contributed by atoms with van der Waals surface area (Å²) in [5.41, 5.74) is 2.13. The monoisotopic (exact) mass is 384 g/mol. The van der Waals surface area contributed by atoms with Crippen molar-refractivity contribution in [2.45, 2.75) is 58.0 Å². The molecular weight excluding hydrogens is 356 g/mol. The second-order valence-electron chi connectivity index (χ2n) is 7.07. The molecule has 2 heterocycles. The van der Waals surface area contributed by atoms with Gasteiger partial charge >= 0.3 is 6.16 Å². The lowest BCUT2D eigenvalue weighted by atomic mass is 10.1. The number of ether oxygens (including phenoxy) is 3. The van der Waals surface area contributed by atoms with Crippen LogP contribution in [0, 0.1) is 0 Å². The lowest BCUT2D eigenvalue weighted by molar-refractivity contribution is 0.0983. The molecule has 150 valence electrons. The molecule has 1 fully saturated rings. The summed E-state index contributed by atoms with van der Waals surface area (Å²) in [6, 6.07) is 7.57. The molecule has 0 unspecified atom stereocenters. The minimum absolute atomic E-state index is 0.232. The van der Waals surface area contributed by atoms with Crippen molar-refractivity contribution in [1.82, 2.24) is 9.97 Å². The van der Waals surface area contributed by atoms with Gasteiger partial charge in [0.25, 0.3) is 0 Å². The molecule has 1 aromatic heterocycles. The van der Waals surface area contributed by atoms with Crippen LogP contribution in [0.5, 0.6) is 5.75 Å². The first kappa shape index (κ1) is 20.1. The summed E-state index contributed by atoms with van der Waals surface area (Å²) in [7, 11) is 0. The van der Waals surface area contributed by atoms with Gasteiger partial charge in [0.15, 0.2) is 11.9 Å². The van der Waals surface area contributed by atoms with Crippen molar-refractivity contribution < 1.29 is 19.0 Å². The molecule has 1 aliphatic rings. The number of carbonyl (C=O) groups excluding carboxylic acids is 1. The molecule has 1 saturated heterocycles. The van der Waals surface area contributed by atoms with Crippen LogP contribution in [0.15, 0.2) is 36.7 Å². The Balaban J connectivity index is 1.43. The summed E-state index contributed by atoms with van der Waals surface area (Å²) < 4.78 is 15.3. The second kappa shape index (κ2) is 10.6. The van der Waals surface area contributed by atoms with Gasteiger partial charge in [-0.05, 0) is 42.7 Å². The Morgan fingerprint density at radius 3 is 2.43 bits per heavy atom. The quantitative estimate of drug-likeness (QED) is 0.403. The molecule has 0 spiro atoms. The van der Waals surface area contributed by atoms with Crippen LogP contribution in [0.2, 0.25) is 0 Å². The third-order valence-corrected chi connectivity index (χ3v) is 4.72. The summed E-state index contributed by atoms with van der Waals surface area (Å²) in [5.74, 6) is 1.41. The number of cyclic esters (lactones) is 2. The van der Waals surface area contributed by atoms with E-state index in [0.717, 1.165) is 12.0 Å². The summed E-state index contributed by atoms with van der Waals surface area (Å²) in [4.78, 5) is 19.9. The molecule has 0 saturated carbocycles. The maximum Gasteiger partial charge on any atom is 0.508 e. The van der Waals surface area contributed by atoms with Gasteiger partial charge < -0.3 is 14.2 Å². The van der Waals surface area contributed by atoms with E-state index in [0.29, 0.717) is 11.6 Å². The first-order valence-electron chi connectivity index (χ1n) is 10.1. The van der Waals surface area contributed by atoms with Crippen molar-refractivity contribution in [1.29, 1.82) is 0 Å². The number of carbonyl (C=O) groups is 1. The fraction of sp³-hybridized carbons (Fsp3) is 0.500. The van der Waals surface area contributed by atoms with Gasteiger partial charge in [-0.25, -0.2) is 14.8 Å². The van der Waals surface area contributed by atoms with E-state index < -0.39 is 6.16 Å². The molecule has 1 aliphatic heterocycles. The number of aromatic nitrogens is 2. The minimum Gasteiger partial charge on any atom is -0.490 e. The average Bonchev–Trinajstić information content (AvgIpc) is 3.15. The summed E-state index contributed by atoms with van der Waals surface area (Å²) in [5, 5.41) is 0. The van der Waals surface area contributed by atoms with Gasteiger partial charge in [0.2, 0.25) is 0 Å². The van der Waals surface area contributed by atoms with Crippen molar-refractivity contribution in [3.05, 3.63) is 42.2 Å². The first-order chi connectivity index (χ1) is 13.7. The predicted octanol–water partition coefficient (Wildman–Crippen LogP) is 4.96. The highest BCUT2D eigenvalue weighted by Crippen LogP contribution is 2.20. The van der Waals surface area contributed by atoms with Crippen molar-refractivity contribution >= 4 is 6.16 Å². The maximum atomic E-state index is 10.9. The Morgan fingerprint density at radius 2 is 1.75 bits per heavy atom. The Labute approximate surface area is 166 Å². The molecule has 0 aliphatic carbocycles. The van der Waals surface area contributed by atoms with E-state index in [4.69, 9.17) is 14.2 Å². The third-order valence-electron chi connectivity index (χ3n) is 4.72. The summed E-state index contributed by atoms with van der Waals surface area (Å²) in [6.07, 6.45) is 11.6. The minimum atomic E-state index is -0.638. The molecule has 28 heavy (non-hydrogen) atoms. The smallest absolute Gasteiger partial charge is 0.490 e. The number of unbranched alkanes of at least 4 members (excludes halogenated alkanes) is 5. The Bertz CT molecular complexity index is 731. The number of nitrogens with zero attached hydrogens (tertiary/aromatic N) is 2. The van der Waals surface area contributed by atoms with E-state index in [1.54, 1.807) is 0 Å². The highest BCUT2D eigenvalue weighted by atomic mass is 16.8. The zero-order valence-corrected chi connectivity index (χ0v) is 16.4. The molecule has 0 bridgehead atoms. The summed E-state index contributed by atoms with van der Waals surface area (Å²) in [6.45, 7) is 2.74. The van der Waals surface area contributed by atoms with E-state index in [9.17, 15) is 4.79 Å². The van der Waals surface area contributed by atoms with Crippen LogP contribution in [0.1, 0.15) is 51.0 Å². The zero-order chi connectivity index (χ0) is 19.6. The van der Waals surface area contributed by atoms with E-state index in [2.05, 4.69) is 16.9 Å². The molecule has 6 heteroatoms. The van der Waals surface area contributed by atoms with E-state index in [1.807, 2.05) is 36.7 Å². The van der Waals surface area contributed by atoms with Gasteiger partial charge in [0.1, 0.15) is 19.0 Å².